The molecule has 0 saturated heterocycles. The molecule has 1 aromatic carbocycles. The summed E-state index contributed by atoms with van der Waals surface area (Å²) in [6.45, 7) is 2.24. The highest BCUT2D eigenvalue weighted by molar-refractivity contribution is 7.14. The van der Waals surface area contributed by atoms with E-state index >= 15 is 0 Å². The molecule has 0 amide bonds. The molecule has 0 spiro atoms. The Morgan fingerprint density at radius 3 is 2.84 bits per heavy atom. The standard InChI is InChI=1S/C20H20N2O2S/c1-3-24-20(23)19-15-10-9-14-12-22(2)21-18(14)17(15)16(25-19)11-13-7-5-4-6-8-13/h4-8,12H,3,9-11H2,1-2H3. The van der Waals surface area contributed by atoms with Gasteiger partial charge in [-0.15, -0.1) is 11.3 Å². The second-order valence-corrected chi connectivity index (χ2v) is 7.37. The lowest BCUT2D eigenvalue weighted by molar-refractivity contribution is 0.0531. The molecule has 0 fully saturated rings. The predicted molar refractivity (Wildman–Crippen MR) is 99.1 cm³/mol. The van der Waals surface area contributed by atoms with Crippen molar-refractivity contribution in [2.24, 2.45) is 7.05 Å². The van der Waals surface area contributed by atoms with Gasteiger partial charge >= 0.3 is 5.97 Å². The van der Waals surface area contributed by atoms with E-state index in [0.29, 0.717) is 6.61 Å². The van der Waals surface area contributed by atoms with E-state index in [1.54, 1.807) is 11.3 Å². The van der Waals surface area contributed by atoms with Gasteiger partial charge in [-0.2, -0.15) is 5.10 Å². The summed E-state index contributed by atoms with van der Waals surface area (Å²) in [4.78, 5) is 14.4. The molecule has 0 unspecified atom stereocenters. The molecule has 0 bridgehead atoms. The van der Waals surface area contributed by atoms with E-state index in [-0.39, 0.29) is 5.97 Å². The fourth-order valence-electron chi connectivity index (χ4n) is 3.49. The van der Waals surface area contributed by atoms with Gasteiger partial charge in [0.25, 0.3) is 0 Å². The Morgan fingerprint density at radius 1 is 1.28 bits per heavy atom. The maximum atomic E-state index is 12.5. The quantitative estimate of drug-likeness (QED) is 0.666. The van der Waals surface area contributed by atoms with Gasteiger partial charge in [-0.3, -0.25) is 4.68 Å². The van der Waals surface area contributed by atoms with Gasteiger partial charge in [0.15, 0.2) is 0 Å². The van der Waals surface area contributed by atoms with Crippen LogP contribution < -0.4 is 0 Å². The van der Waals surface area contributed by atoms with Gasteiger partial charge in [-0.1, -0.05) is 30.3 Å². The van der Waals surface area contributed by atoms with E-state index in [1.807, 2.05) is 36.9 Å². The molecule has 4 rings (SSSR count). The van der Waals surface area contributed by atoms with Gasteiger partial charge in [0.1, 0.15) is 4.88 Å². The highest BCUT2D eigenvalue weighted by Crippen LogP contribution is 2.43. The van der Waals surface area contributed by atoms with Crippen LogP contribution >= 0.6 is 11.3 Å². The Hall–Kier alpha value is -2.40. The number of rotatable bonds is 4. The summed E-state index contributed by atoms with van der Waals surface area (Å²) in [5.41, 5.74) is 5.79. The van der Waals surface area contributed by atoms with Crippen LogP contribution in [0.4, 0.5) is 0 Å². The van der Waals surface area contributed by atoms with Crippen LogP contribution in [0.2, 0.25) is 0 Å². The second kappa shape index (κ2) is 6.48. The maximum absolute atomic E-state index is 12.5. The van der Waals surface area contributed by atoms with Crippen molar-refractivity contribution in [3.63, 3.8) is 0 Å². The van der Waals surface area contributed by atoms with Crippen LogP contribution in [0.5, 0.6) is 0 Å². The molecule has 1 aliphatic carbocycles. The molecule has 3 aromatic rings. The van der Waals surface area contributed by atoms with Gasteiger partial charge in [0.05, 0.1) is 12.3 Å². The fraction of sp³-hybridized carbons (Fsp3) is 0.300. The Morgan fingerprint density at radius 2 is 2.08 bits per heavy atom. The largest absolute Gasteiger partial charge is 0.462 e. The van der Waals surface area contributed by atoms with Crippen LogP contribution in [0.1, 0.15) is 38.2 Å². The van der Waals surface area contributed by atoms with Crippen molar-refractivity contribution < 1.29 is 9.53 Å². The van der Waals surface area contributed by atoms with Crippen LogP contribution in [-0.4, -0.2) is 22.4 Å². The van der Waals surface area contributed by atoms with Gasteiger partial charge in [0, 0.05) is 30.1 Å². The van der Waals surface area contributed by atoms with Crippen molar-refractivity contribution in [3.8, 4) is 11.3 Å². The molecule has 0 atom stereocenters. The monoisotopic (exact) mass is 352 g/mol. The van der Waals surface area contributed by atoms with Crippen molar-refractivity contribution in [2.45, 2.75) is 26.2 Å². The van der Waals surface area contributed by atoms with Gasteiger partial charge in [0.2, 0.25) is 0 Å². The zero-order valence-electron chi connectivity index (χ0n) is 14.4. The lowest BCUT2D eigenvalue weighted by atomic mass is 9.89. The molecular weight excluding hydrogens is 332 g/mol. The van der Waals surface area contributed by atoms with E-state index < -0.39 is 0 Å². The van der Waals surface area contributed by atoms with Crippen LogP contribution in [0.15, 0.2) is 36.5 Å². The first-order chi connectivity index (χ1) is 12.2. The first-order valence-corrected chi connectivity index (χ1v) is 9.37. The summed E-state index contributed by atoms with van der Waals surface area (Å²) in [6.07, 6.45) is 4.69. The molecular formula is C20H20N2O2S. The smallest absolute Gasteiger partial charge is 0.348 e. The normalized spacial score (nSPS) is 12.6. The average Bonchev–Trinajstić information content (AvgIpc) is 3.16. The lowest BCUT2D eigenvalue weighted by Gasteiger charge is -2.14. The number of hydrogen-bond acceptors (Lipinski definition) is 4. The number of fused-ring (bicyclic) bond motifs is 3. The Bertz CT molecular complexity index is 925. The third-order valence-corrected chi connectivity index (χ3v) is 5.75. The maximum Gasteiger partial charge on any atom is 0.348 e. The summed E-state index contributed by atoms with van der Waals surface area (Å²) >= 11 is 1.57. The van der Waals surface area contributed by atoms with Crippen molar-refractivity contribution >= 4 is 17.3 Å². The fourth-order valence-corrected chi connectivity index (χ4v) is 4.77. The zero-order valence-corrected chi connectivity index (χ0v) is 15.2. The van der Waals surface area contributed by atoms with Crippen LogP contribution in [-0.2, 0) is 31.0 Å². The van der Waals surface area contributed by atoms with Gasteiger partial charge < -0.3 is 4.74 Å². The third-order valence-electron chi connectivity index (χ3n) is 4.53. The van der Waals surface area contributed by atoms with Crippen molar-refractivity contribution in [1.82, 2.24) is 9.78 Å². The van der Waals surface area contributed by atoms with Crippen LogP contribution in [0.25, 0.3) is 11.3 Å². The molecule has 1 aliphatic rings. The predicted octanol–water partition coefficient (Wildman–Crippen LogP) is 4.01. The summed E-state index contributed by atoms with van der Waals surface area (Å²) in [5, 5.41) is 4.68. The number of ether oxygens (including phenoxy) is 1. The summed E-state index contributed by atoms with van der Waals surface area (Å²) < 4.78 is 7.17. The number of carbonyl (C=O) groups is 1. The molecule has 0 radical (unpaired) electrons. The number of carbonyl (C=O) groups excluding carboxylic acids is 1. The molecule has 5 heteroatoms. The lowest BCUT2D eigenvalue weighted by Crippen LogP contribution is -2.09. The van der Waals surface area contributed by atoms with E-state index in [4.69, 9.17) is 4.74 Å². The molecule has 0 N–H and O–H groups in total. The Kier molecular flexibility index (Phi) is 4.17. The summed E-state index contributed by atoms with van der Waals surface area (Å²) in [5.74, 6) is -0.206. The van der Waals surface area contributed by atoms with Crippen LogP contribution in [0, 0.1) is 0 Å². The van der Waals surface area contributed by atoms with Gasteiger partial charge in [-0.05, 0) is 36.5 Å². The number of hydrogen-bond donors (Lipinski definition) is 0. The van der Waals surface area contributed by atoms with Crippen LogP contribution in [0.3, 0.4) is 0 Å². The molecule has 128 valence electrons. The molecule has 0 aliphatic heterocycles. The molecule has 2 heterocycles. The minimum atomic E-state index is -0.206. The third kappa shape index (κ3) is 2.89. The van der Waals surface area contributed by atoms with E-state index in [1.165, 1.54) is 16.0 Å². The van der Waals surface area contributed by atoms with Crippen molar-refractivity contribution in [2.75, 3.05) is 6.61 Å². The molecule has 25 heavy (non-hydrogen) atoms. The minimum absolute atomic E-state index is 0.206. The zero-order chi connectivity index (χ0) is 17.4. The number of benzene rings is 1. The number of nitrogens with zero attached hydrogens (tertiary/aromatic N) is 2. The first-order valence-electron chi connectivity index (χ1n) is 8.55. The summed E-state index contributed by atoms with van der Waals surface area (Å²) in [7, 11) is 1.95. The SMILES string of the molecule is CCOC(=O)c1sc(Cc2ccccc2)c2c1CCc1cn(C)nc1-2. The van der Waals surface area contributed by atoms with E-state index in [2.05, 4.69) is 23.4 Å². The van der Waals surface area contributed by atoms with Gasteiger partial charge in [-0.25, -0.2) is 4.79 Å². The second-order valence-electron chi connectivity index (χ2n) is 6.27. The van der Waals surface area contributed by atoms with Crippen molar-refractivity contribution in [3.05, 3.63) is 63.0 Å². The van der Waals surface area contributed by atoms with E-state index in [0.717, 1.165) is 41.0 Å². The van der Waals surface area contributed by atoms with E-state index in [9.17, 15) is 4.79 Å². The minimum Gasteiger partial charge on any atom is -0.462 e. The molecule has 2 aromatic heterocycles. The Labute approximate surface area is 151 Å². The average molecular weight is 352 g/mol. The summed E-state index contributed by atoms with van der Waals surface area (Å²) in [6, 6.07) is 10.4. The van der Waals surface area contributed by atoms with Crippen molar-refractivity contribution in [1.29, 1.82) is 0 Å². The highest BCUT2D eigenvalue weighted by Gasteiger charge is 2.30. The number of aryl methyl sites for hydroxylation is 2. The molecule has 4 nitrogen and oxygen atoms in total. The molecule has 0 saturated carbocycles. The Balaban J connectivity index is 1.85. The number of aromatic nitrogens is 2. The number of esters is 1. The topological polar surface area (TPSA) is 44.1 Å². The highest BCUT2D eigenvalue weighted by atomic mass is 32.1. The number of thiophene rings is 1. The first kappa shape index (κ1) is 16.1.